The van der Waals surface area contributed by atoms with Gasteiger partial charge in [-0.25, -0.2) is 14.4 Å². The zero-order valence-corrected chi connectivity index (χ0v) is 48.8. The van der Waals surface area contributed by atoms with Gasteiger partial charge in [0.15, 0.2) is 0 Å². The van der Waals surface area contributed by atoms with Gasteiger partial charge in [-0.2, -0.15) is 0 Å². The van der Waals surface area contributed by atoms with Gasteiger partial charge >= 0.3 is 23.9 Å². The first kappa shape index (κ1) is 69.8. The number of carbonyl (C=O) groups is 10. The summed E-state index contributed by atoms with van der Waals surface area (Å²) in [7, 11) is 0. The van der Waals surface area contributed by atoms with Crippen LogP contribution in [0.1, 0.15) is 91.4 Å². The third-order valence-electron chi connectivity index (χ3n) is 13.7. The van der Waals surface area contributed by atoms with Crippen LogP contribution in [0.5, 0.6) is 0 Å². The number of primary amides is 4. The van der Waals surface area contributed by atoms with Crippen molar-refractivity contribution >= 4 is 93.0 Å². The number of aliphatic carboxylic acids is 3. The normalized spacial score (nSPS) is 12.2. The van der Waals surface area contributed by atoms with E-state index in [4.69, 9.17) is 40.3 Å². The number of hydrogen-bond donors (Lipinski definition) is 13. The number of urea groups is 1. The van der Waals surface area contributed by atoms with Gasteiger partial charge in [-0.1, -0.05) is 67.2 Å². The second kappa shape index (κ2) is 37.6. The molecule has 27 nitrogen and oxygen atoms in total. The second-order valence-electron chi connectivity index (χ2n) is 20.6. The molecule has 8 amide bonds. The molecular weight excluding hydrogens is 1130 g/mol. The van der Waals surface area contributed by atoms with E-state index in [9.17, 15) is 58.2 Å². The number of carboxylic acid groups (broad SMARTS) is 3. The zero-order chi connectivity index (χ0) is 63.0. The standard InChI is InChI=1S/C58H80N14O13S/c59-48(73)33-63-25-27-70(36-50(61)75)28-29-71(37-51(62)76)43(32-64-34-49(60)74)30-38-15-19-42(20-16-38)67-53(86)12-3-1-2-11-52(77)66-31-39-13-17-41(18-14-39)55(80)72(35-47-44-9-5-4-8-40(44)23-24-65-47)26-7-6-10-45(56(81)82)68-58(85)69-46(57(83)84)21-22-54(78)79/h4-5,8-9,13-20,23-24,43,45-46,63-64H,1-3,6-7,10-12,21-22,25-37H2,(H2,59,73)(H2,60,74)(H2,61,75)(H2,62,76)(H,66,77)(H,67,86)(H,78,79)(H,81,82)(H,83,84)(H2,68,69,85)/t43?,45-,46-/m1/s1. The highest BCUT2D eigenvalue weighted by atomic mass is 32.1. The van der Waals surface area contributed by atoms with E-state index < -0.39 is 72.5 Å². The number of nitrogens with zero attached hydrogens (tertiary/aromatic N) is 4. The SMILES string of the molecule is NC(=O)CNCCN(CCN(CC(N)=O)C(CNCC(N)=O)Cc1ccc(NC(=S)CCCCCC(=O)NCc2ccc(C(=O)N(CCCC[C@@H](NC(=O)N[C@H](CCC(=O)O)C(=O)O)C(=O)O)Cc3nccc4ccccc34)cc2)cc1)CC(N)=O. The molecule has 4 aromatic rings. The molecule has 0 aliphatic carbocycles. The lowest BCUT2D eigenvalue weighted by Gasteiger charge is -2.33. The van der Waals surface area contributed by atoms with E-state index in [1.807, 2.05) is 59.5 Å². The van der Waals surface area contributed by atoms with Crippen molar-refractivity contribution in [2.24, 2.45) is 22.9 Å². The lowest BCUT2D eigenvalue weighted by atomic mass is 10.0. The summed E-state index contributed by atoms with van der Waals surface area (Å²) in [5, 5.41) is 46.4. The number of pyridine rings is 1. The average molecular weight is 1210 g/mol. The highest BCUT2D eigenvalue weighted by Gasteiger charge is 2.27. The maximum absolute atomic E-state index is 14.1. The number of aromatic nitrogens is 1. The lowest BCUT2D eigenvalue weighted by Crippen LogP contribution is -2.51. The van der Waals surface area contributed by atoms with Crippen LogP contribution in [0, 0.1) is 0 Å². The first-order valence-electron chi connectivity index (χ1n) is 28.2. The number of thiocarbonyl (C=S) groups is 1. The Bertz CT molecular complexity index is 2930. The van der Waals surface area contributed by atoms with E-state index in [2.05, 4.69) is 36.9 Å². The van der Waals surface area contributed by atoms with Crippen LogP contribution in [-0.4, -0.2) is 183 Å². The van der Waals surface area contributed by atoms with E-state index in [1.54, 1.807) is 40.3 Å². The highest BCUT2D eigenvalue weighted by molar-refractivity contribution is 7.80. The molecule has 0 radical (unpaired) electrons. The molecular formula is C58H80N14O13S. The van der Waals surface area contributed by atoms with Crippen LogP contribution in [-0.2, 0) is 57.9 Å². The average Bonchev–Trinajstić information content (AvgIpc) is 3.60. The smallest absolute Gasteiger partial charge is 0.326 e. The fourth-order valence-corrected chi connectivity index (χ4v) is 9.49. The number of fused-ring (bicyclic) bond motifs is 1. The number of carboxylic acids is 3. The Balaban J connectivity index is 1.25. The summed E-state index contributed by atoms with van der Waals surface area (Å²) in [6.07, 6.45) is 4.69. The monoisotopic (exact) mass is 1210 g/mol. The maximum Gasteiger partial charge on any atom is 0.326 e. The molecule has 0 saturated heterocycles. The number of anilines is 1. The number of carbonyl (C=O) groups excluding carboxylic acids is 7. The topological polar surface area (TPSA) is 430 Å². The van der Waals surface area contributed by atoms with Gasteiger partial charge in [-0.15, -0.1) is 0 Å². The predicted octanol–water partition coefficient (Wildman–Crippen LogP) is 0.760. The molecule has 3 aromatic carbocycles. The number of rotatable bonds is 43. The predicted molar refractivity (Wildman–Crippen MR) is 324 cm³/mol. The van der Waals surface area contributed by atoms with Crippen molar-refractivity contribution in [2.45, 2.75) is 102 Å². The van der Waals surface area contributed by atoms with Crippen LogP contribution < -0.4 is 54.8 Å². The summed E-state index contributed by atoms with van der Waals surface area (Å²) in [6.45, 7) is 1.92. The van der Waals surface area contributed by atoms with Gasteiger partial charge in [0.1, 0.15) is 12.1 Å². The number of benzene rings is 3. The van der Waals surface area contributed by atoms with E-state index in [0.717, 1.165) is 40.4 Å². The van der Waals surface area contributed by atoms with Crippen molar-refractivity contribution in [3.05, 3.63) is 107 Å². The lowest BCUT2D eigenvalue weighted by molar-refractivity contribution is -0.141. The fourth-order valence-electron chi connectivity index (χ4n) is 9.23. The molecule has 28 heteroatoms. The Morgan fingerprint density at radius 1 is 0.616 bits per heavy atom. The summed E-state index contributed by atoms with van der Waals surface area (Å²) >= 11 is 5.64. The third-order valence-corrected chi connectivity index (χ3v) is 14.0. The largest absolute Gasteiger partial charge is 0.481 e. The highest BCUT2D eigenvalue weighted by Crippen LogP contribution is 2.21. The Hall–Kier alpha value is -8.70. The van der Waals surface area contributed by atoms with Crippen LogP contribution in [0.25, 0.3) is 10.8 Å². The zero-order valence-electron chi connectivity index (χ0n) is 48.0. The van der Waals surface area contributed by atoms with Crippen molar-refractivity contribution in [2.75, 3.05) is 70.8 Å². The summed E-state index contributed by atoms with van der Waals surface area (Å²) in [4.78, 5) is 131. The molecule has 1 unspecified atom stereocenters. The Labute approximate surface area is 503 Å². The van der Waals surface area contributed by atoms with Crippen LogP contribution in [0.3, 0.4) is 0 Å². The first-order valence-corrected chi connectivity index (χ1v) is 28.6. The maximum atomic E-state index is 14.1. The molecule has 0 aliphatic heterocycles. The molecule has 17 N–H and O–H groups in total. The van der Waals surface area contributed by atoms with Gasteiger partial charge in [0.2, 0.25) is 29.5 Å². The van der Waals surface area contributed by atoms with Crippen molar-refractivity contribution in [3.8, 4) is 0 Å². The minimum Gasteiger partial charge on any atom is -0.481 e. The van der Waals surface area contributed by atoms with Gasteiger partial charge in [-0.05, 0) is 98.2 Å². The van der Waals surface area contributed by atoms with Gasteiger partial charge in [-0.3, -0.25) is 48.3 Å². The summed E-state index contributed by atoms with van der Waals surface area (Å²) in [5.41, 5.74) is 25.2. The molecule has 0 bridgehead atoms. The minimum atomic E-state index is -1.55. The molecule has 3 atom stereocenters. The van der Waals surface area contributed by atoms with Crippen LogP contribution in [0.2, 0.25) is 0 Å². The van der Waals surface area contributed by atoms with Crippen LogP contribution >= 0.6 is 12.2 Å². The van der Waals surface area contributed by atoms with E-state index in [-0.39, 0.29) is 83.1 Å². The fraction of sp³-hybridized carbons (Fsp3) is 0.448. The summed E-state index contributed by atoms with van der Waals surface area (Å²) in [6, 6.07) is 19.6. The molecule has 466 valence electrons. The Kier molecular flexibility index (Phi) is 30.5. The number of hydrogen-bond acceptors (Lipinski definition) is 16. The van der Waals surface area contributed by atoms with Crippen molar-refractivity contribution in [1.29, 1.82) is 0 Å². The molecule has 4 rings (SSSR count). The van der Waals surface area contributed by atoms with Gasteiger partial charge < -0.3 is 75.1 Å². The van der Waals surface area contributed by atoms with E-state index >= 15 is 0 Å². The molecule has 0 saturated carbocycles. The molecule has 0 spiro atoms. The minimum absolute atomic E-state index is 0.0315. The van der Waals surface area contributed by atoms with Gasteiger partial charge in [0, 0.05) is 87.5 Å². The second-order valence-corrected chi connectivity index (χ2v) is 21.1. The number of nitrogens with one attached hydrogen (secondary N) is 6. The number of nitrogens with two attached hydrogens (primary N) is 4. The van der Waals surface area contributed by atoms with Gasteiger partial charge in [0.25, 0.3) is 5.91 Å². The van der Waals surface area contributed by atoms with E-state index in [0.29, 0.717) is 74.5 Å². The Morgan fingerprint density at radius 3 is 1.91 bits per heavy atom. The Morgan fingerprint density at radius 2 is 1.26 bits per heavy atom. The molecule has 0 aliphatic rings. The van der Waals surface area contributed by atoms with Crippen molar-refractivity contribution in [3.63, 3.8) is 0 Å². The number of unbranched alkanes of at least 4 members (excludes halogenated alkanes) is 3. The van der Waals surface area contributed by atoms with E-state index in [1.165, 1.54) is 0 Å². The molecule has 1 heterocycles. The van der Waals surface area contributed by atoms with Crippen LogP contribution in [0.15, 0.2) is 85.1 Å². The third kappa shape index (κ3) is 27.3. The molecule has 1 aromatic heterocycles. The van der Waals surface area contributed by atoms with Crippen molar-refractivity contribution < 1.29 is 63.3 Å². The quantitative estimate of drug-likeness (QED) is 0.0215. The number of amides is 8. The molecule has 0 fully saturated rings. The van der Waals surface area contributed by atoms with Crippen LogP contribution in [0.4, 0.5) is 10.5 Å². The molecule has 86 heavy (non-hydrogen) atoms. The summed E-state index contributed by atoms with van der Waals surface area (Å²) < 4.78 is 0. The van der Waals surface area contributed by atoms with Gasteiger partial charge in [0.05, 0.1) is 43.4 Å². The summed E-state index contributed by atoms with van der Waals surface area (Å²) in [5.74, 6) is -6.74. The van der Waals surface area contributed by atoms with Crippen molar-refractivity contribution in [1.82, 2.24) is 46.3 Å². The first-order chi connectivity index (χ1) is 41.1.